The number of hydrogen-bond donors (Lipinski definition) is 1. The molecule has 7 atom stereocenters. The summed E-state index contributed by atoms with van der Waals surface area (Å²) in [5.41, 5.74) is 2.27. The molecule has 3 saturated heterocycles. The molecule has 1 N–H and O–H groups in total. The van der Waals surface area contributed by atoms with Gasteiger partial charge in [0, 0.05) is 5.56 Å². The van der Waals surface area contributed by atoms with Crippen molar-refractivity contribution in [2.75, 3.05) is 6.61 Å². The first kappa shape index (κ1) is 15.9. The molecule has 2 bridgehead atoms. The minimum Gasteiger partial charge on any atom is -0.343 e. The van der Waals surface area contributed by atoms with Crippen molar-refractivity contribution in [3.63, 3.8) is 0 Å². The molecule has 6 heteroatoms. The van der Waals surface area contributed by atoms with Gasteiger partial charge in [0.15, 0.2) is 11.8 Å². The summed E-state index contributed by atoms with van der Waals surface area (Å²) in [6.45, 7) is 0.386. The highest BCUT2D eigenvalue weighted by Gasteiger charge is 2.67. The molecule has 3 fully saturated rings. The van der Waals surface area contributed by atoms with Crippen LogP contribution in [0.1, 0.15) is 26.8 Å². The van der Waals surface area contributed by atoms with Gasteiger partial charge in [-0.3, -0.25) is 14.5 Å². The Labute approximate surface area is 160 Å². The number of ether oxygens (including phenoxy) is 2. The van der Waals surface area contributed by atoms with Crippen LogP contribution in [-0.2, 0) is 14.3 Å². The quantitative estimate of drug-likeness (QED) is 0.802. The van der Waals surface area contributed by atoms with E-state index in [2.05, 4.69) is 24.4 Å². The van der Waals surface area contributed by atoms with Crippen LogP contribution in [0.25, 0.3) is 6.08 Å². The number of carbonyl (C=O) groups excluding carboxylic acids is 2. The van der Waals surface area contributed by atoms with E-state index >= 15 is 0 Å². The largest absolute Gasteiger partial charge is 0.343 e. The number of thiophene rings is 1. The second-order valence-corrected chi connectivity index (χ2v) is 8.55. The van der Waals surface area contributed by atoms with E-state index in [9.17, 15) is 9.59 Å². The van der Waals surface area contributed by atoms with E-state index in [4.69, 9.17) is 9.47 Å². The second-order valence-electron chi connectivity index (χ2n) is 7.60. The molecule has 1 aromatic heterocycles. The van der Waals surface area contributed by atoms with E-state index in [0.717, 1.165) is 20.9 Å². The Morgan fingerprint density at radius 3 is 2.93 bits per heavy atom. The lowest BCUT2D eigenvalue weighted by Crippen LogP contribution is -3.11. The summed E-state index contributed by atoms with van der Waals surface area (Å²) in [5, 5.41) is 1.92. The number of rotatable bonds is 2. The fraction of sp³-hybridized carbons (Fsp3) is 0.333. The summed E-state index contributed by atoms with van der Waals surface area (Å²) in [6.07, 6.45) is 3.17. The molecular weight excluding hydrogens is 362 g/mol. The first-order chi connectivity index (χ1) is 13.2. The average Bonchev–Trinajstić information content (AvgIpc) is 3.43. The van der Waals surface area contributed by atoms with Crippen molar-refractivity contribution in [1.82, 2.24) is 0 Å². The zero-order valence-electron chi connectivity index (χ0n) is 14.4. The lowest BCUT2D eigenvalue weighted by molar-refractivity contribution is -0.884. The molecule has 0 spiro atoms. The number of Topliss-reactive ketones (excluding diaryl/α,β-unsaturated/α-hetero) is 2. The third kappa shape index (κ3) is 2.09. The van der Waals surface area contributed by atoms with E-state index < -0.39 is 6.29 Å². The average molecular weight is 380 g/mol. The van der Waals surface area contributed by atoms with Crippen LogP contribution in [0.15, 0.2) is 48.0 Å². The summed E-state index contributed by atoms with van der Waals surface area (Å²) < 4.78 is 11.5. The van der Waals surface area contributed by atoms with Crippen LogP contribution in [0.3, 0.4) is 0 Å². The highest BCUT2D eigenvalue weighted by atomic mass is 32.1. The molecule has 0 radical (unpaired) electrons. The summed E-state index contributed by atoms with van der Waals surface area (Å²) in [6, 6.07) is 11.5. The molecule has 5 heterocycles. The maximum Gasteiger partial charge on any atom is 0.230 e. The molecule has 1 aromatic carbocycles. The number of hydrogen-bond acceptors (Lipinski definition) is 5. The van der Waals surface area contributed by atoms with Crippen LogP contribution < -0.4 is 4.90 Å². The normalized spacial score (nSPS) is 38.4. The Morgan fingerprint density at radius 2 is 2.07 bits per heavy atom. The minimum atomic E-state index is -0.772. The summed E-state index contributed by atoms with van der Waals surface area (Å²) in [7, 11) is 0. The number of nitrogens with one attached hydrogen (secondary N) is 1. The minimum absolute atomic E-state index is 0.0113. The first-order valence-corrected chi connectivity index (χ1v) is 10.1. The fourth-order valence-corrected chi connectivity index (χ4v) is 6.09. The van der Waals surface area contributed by atoms with Gasteiger partial charge >= 0.3 is 0 Å². The number of benzene rings is 1. The monoisotopic (exact) mass is 380 g/mol. The van der Waals surface area contributed by atoms with Gasteiger partial charge in [0.05, 0.1) is 35.6 Å². The summed E-state index contributed by atoms with van der Waals surface area (Å²) in [5.74, 6) is -0.334. The molecule has 1 unspecified atom stereocenters. The van der Waals surface area contributed by atoms with Crippen molar-refractivity contribution in [2.24, 2.45) is 11.8 Å². The van der Waals surface area contributed by atoms with E-state index in [-0.39, 0.29) is 41.6 Å². The van der Waals surface area contributed by atoms with E-state index in [1.807, 2.05) is 29.6 Å². The van der Waals surface area contributed by atoms with Gasteiger partial charge < -0.3 is 9.47 Å². The molecule has 136 valence electrons. The van der Waals surface area contributed by atoms with Crippen LogP contribution >= 0.6 is 11.3 Å². The number of carbonyl (C=O) groups is 2. The fourth-order valence-electron chi connectivity index (χ4n) is 5.39. The summed E-state index contributed by atoms with van der Waals surface area (Å²) >= 11 is 1.46. The smallest absolute Gasteiger partial charge is 0.230 e. The Kier molecular flexibility index (Phi) is 3.35. The molecule has 5 nitrogen and oxygen atoms in total. The molecule has 0 saturated carbocycles. The van der Waals surface area contributed by atoms with Crippen LogP contribution in [0.2, 0.25) is 0 Å². The Morgan fingerprint density at radius 1 is 1.19 bits per heavy atom. The predicted octanol–water partition coefficient (Wildman–Crippen LogP) is 1.48. The zero-order valence-corrected chi connectivity index (χ0v) is 15.2. The third-order valence-electron chi connectivity index (χ3n) is 6.41. The molecular formula is C21H18NO4S+. The SMILES string of the molecule is O=C1[C@@H]2OC[C@@H](O2)[C@@H]2[C@H]1[C@@H]1c3ccccc3C=C[NH+]1[C@H]2C(=O)c1cccs1. The van der Waals surface area contributed by atoms with Gasteiger partial charge in [0.25, 0.3) is 0 Å². The Balaban J connectivity index is 1.53. The Hall–Kier alpha value is -2.12. The third-order valence-corrected chi connectivity index (χ3v) is 7.29. The van der Waals surface area contributed by atoms with Crippen LogP contribution in [-0.4, -0.2) is 36.6 Å². The van der Waals surface area contributed by atoms with Crippen molar-refractivity contribution < 1.29 is 24.0 Å². The molecule has 0 amide bonds. The molecule has 4 aliphatic heterocycles. The van der Waals surface area contributed by atoms with Gasteiger partial charge in [-0.1, -0.05) is 30.3 Å². The number of ketones is 2. The van der Waals surface area contributed by atoms with Gasteiger partial charge in [-0.05, 0) is 23.1 Å². The van der Waals surface area contributed by atoms with Crippen molar-refractivity contribution in [3.8, 4) is 0 Å². The molecule has 4 aliphatic rings. The lowest BCUT2D eigenvalue weighted by Gasteiger charge is -2.30. The number of quaternary nitrogens is 1. The van der Waals surface area contributed by atoms with E-state index in [1.165, 1.54) is 11.3 Å². The van der Waals surface area contributed by atoms with Crippen molar-refractivity contribution in [1.29, 1.82) is 0 Å². The van der Waals surface area contributed by atoms with Gasteiger partial charge in [0.2, 0.25) is 12.1 Å². The van der Waals surface area contributed by atoms with Crippen molar-refractivity contribution in [3.05, 3.63) is 64.0 Å². The zero-order chi connectivity index (χ0) is 18.1. The van der Waals surface area contributed by atoms with Crippen LogP contribution in [0, 0.1) is 11.8 Å². The van der Waals surface area contributed by atoms with Crippen LogP contribution in [0.4, 0.5) is 0 Å². The number of fused-ring (bicyclic) bond motifs is 8. The molecule has 0 aliphatic carbocycles. The van der Waals surface area contributed by atoms with Crippen LogP contribution in [0.5, 0.6) is 0 Å². The Bertz CT molecular complexity index is 968. The van der Waals surface area contributed by atoms with Crippen molar-refractivity contribution in [2.45, 2.75) is 24.5 Å². The second kappa shape index (κ2) is 5.69. The van der Waals surface area contributed by atoms with Gasteiger partial charge in [0.1, 0.15) is 6.04 Å². The topological polar surface area (TPSA) is 57.0 Å². The van der Waals surface area contributed by atoms with E-state index in [1.54, 1.807) is 0 Å². The summed E-state index contributed by atoms with van der Waals surface area (Å²) in [4.78, 5) is 28.5. The van der Waals surface area contributed by atoms with Gasteiger partial charge in [-0.15, -0.1) is 11.3 Å². The van der Waals surface area contributed by atoms with Crippen molar-refractivity contribution >= 4 is 29.0 Å². The molecule has 2 aromatic rings. The lowest BCUT2D eigenvalue weighted by atomic mass is 9.76. The van der Waals surface area contributed by atoms with E-state index in [0.29, 0.717) is 6.61 Å². The van der Waals surface area contributed by atoms with Gasteiger partial charge in [-0.2, -0.15) is 0 Å². The standard InChI is InChI=1S/C21H17NO4S/c23-19(14-6-3-9-27-14)18-15-13-10-25-21(26-13)20(24)16(15)17-12-5-2-1-4-11(12)7-8-22(17)18/h1-9,13,15-18,21H,10H2/p+1/t13-,15-,16+,17+,18-,21-/m1/s1. The predicted molar refractivity (Wildman–Crippen MR) is 98.2 cm³/mol. The maximum absolute atomic E-state index is 13.5. The highest BCUT2D eigenvalue weighted by molar-refractivity contribution is 7.12. The molecule has 6 rings (SSSR count). The molecule has 27 heavy (non-hydrogen) atoms. The van der Waals surface area contributed by atoms with Gasteiger partial charge in [-0.25, -0.2) is 0 Å². The maximum atomic E-state index is 13.5. The first-order valence-electron chi connectivity index (χ1n) is 9.26. The highest BCUT2D eigenvalue weighted by Crippen LogP contribution is 2.46.